The normalized spacial score (nSPS) is 11.5. The van der Waals surface area contributed by atoms with Crippen LogP contribution in [0, 0.1) is 0 Å². The van der Waals surface area contributed by atoms with E-state index in [1.165, 1.54) is 35.4 Å². The van der Waals surface area contributed by atoms with Crippen molar-refractivity contribution in [2.75, 3.05) is 19.5 Å². The molecule has 0 atom stereocenters. The van der Waals surface area contributed by atoms with Gasteiger partial charge in [-0.1, -0.05) is 108 Å². The molecule has 2 heterocycles. The van der Waals surface area contributed by atoms with Crippen LogP contribution in [0.25, 0.3) is 0 Å². The molecule has 2 aromatic heterocycles. The molecule has 0 fully saturated rings. The molecule has 12 heteroatoms. The number of hydrogen-bond acceptors (Lipinski definition) is 10. The zero-order valence-electron chi connectivity index (χ0n) is 27.8. The Bertz CT molecular complexity index is 2060. The predicted molar refractivity (Wildman–Crippen MR) is 194 cm³/mol. The molecule has 0 spiro atoms. The second kappa shape index (κ2) is 15.9. The zero-order chi connectivity index (χ0) is 35.6. The third-order valence-electron chi connectivity index (χ3n) is 8.04. The van der Waals surface area contributed by atoms with Crippen LogP contribution in [0.4, 0.5) is 5.13 Å². The number of thiazole rings is 1. The van der Waals surface area contributed by atoms with Crippen LogP contribution in [0.2, 0.25) is 0 Å². The molecule has 0 aliphatic rings. The number of nitrogens with zero attached hydrogens (tertiary/aromatic N) is 3. The molecule has 0 amide bonds. The standard InChI is InChI=1S/C39H34N4O7S/c1-47-32-20-18-27(19-21-32)24-49-35-23-43(48-2)31(22-34(35)44)25-50-42-36(37(45)46)33-26-51-38(40-33)41-39(28-12-6-3-7-13-28,29-14-8-4-9-15-29)30-16-10-5-11-17-30/h3-23,26H,24-25H2,1-2H3,(H,40,41)(H,45,46). The lowest BCUT2D eigenvalue weighted by atomic mass is 9.77. The van der Waals surface area contributed by atoms with Crippen molar-refractivity contribution in [3.05, 3.63) is 177 Å². The van der Waals surface area contributed by atoms with E-state index in [1.54, 1.807) is 24.6 Å². The molecule has 11 nitrogen and oxygen atoms in total. The van der Waals surface area contributed by atoms with Crippen LogP contribution >= 0.6 is 11.3 Å². The minimum Gasteiger partial charge on any atom is -0.497 e. The highest BCUT2D eigenvalue weighted by Gasteiger charge is 2.37. The monoisotopic (exact) mass is 702 g/mol. The van der Waals surface area contributed by atoms with E-state index in [1.807, 2.05) is 103 Å². The first-order valence-electron chi connectivity index (χ1n) is 15.8. The number of carbonyl (C=O) groups is 1. The molecule has 4 aromatic carbocycles. The maximum absolute atomic E-state index is 12.9. The molecular formula is C39H34N4O7S. The molecule has 51 heavy (non-hydrogen) atoms. The molecule has 258 valence electrons. The summed E-state index contributed by atoms with van der Waals surface area (Å²) in [5.41, 5.74) is 2.46. The van der Waals surface area contributed by atoms with Crippen LogP contribution < -0.4 is 25.1 Å². The highest BCUT2D eigenvalue weighted by atomic mass is 32.1. The summed E-state index contributed by atoms with van der Waals surface area (Å²) >= 11 is 1.24. The Balaban J connectivity index is 1.23. The molecular weight excluding hydrogens is 669 g/mol. The largest absolute Gasteiger partial charge is 0.497 e. The number of anilines is 1. The highest BCUT2D eigenvalue weighted by Crippen LogP contribution is 2.40. The van der Waals surface area contributed by atoms with Gasteiger partial charge in [0.05, 0.1) is 13.3 Å². The number of pyridine rings is 1. The van der Waals surface area contributed by atoms with E-state index in [-0.39, 0.29) is 30.4 Å². The van der Waals surface area contributed by atoms with Crippen molar-refractivity contribution in [1.29, 1.82) is 0 Å². The molecule has 0 aliphatic heterocycles. The Morgan fingerprint density at radius 1 is 0.863 bits per heavy atom. The van der Waals surface area contributed by atoms with E-state index in [0.717, 1.165) is 22.3 Å². The fraction of sp³-hybridized carbons (Fsp3) is 0.128. The van der Waals surface area contributed by atoms with Crippen molar-refractivity contribution in [3.8, 4) is 11.5 Å². The summed E-state index contributed by atoms with van der Waals surface area (Å²) < 4.78 is 12.2. The third-order valence-corrected chi connectivity index (χ3v) is 8.80. The van der Waals surface area contributed by atoms with Crippen LogP contribution in [-0.2, 0) is 28.4 Å². The van der Waals surface area contributed by atoms with Gasteiger partial charge < -0.3 is 29.6 Å². The van der Waals surface area contributed by atoms with Gasteiger partial charge in [-0.25, -0.2) is 9.78 Å². The maximum Gasteiger partial charge on any atom is 0.360 e. The van der Waals surface area contributed by atoms with Gasteiger partial charge in [-0.2, -0.15) is 4.73 Å². The second-order valence-electron chi connectivity index (χ2n) is 11.2. The molecule has 0 unspecified atom stereocenters. The molecule has 2 N–H and O–H groups in total. The first kappa shape index (κ1) is 34.5. The Morgan fingerprint density at radius 2 is 1.45 bits per heavy atom. The van der Waals surface area contributed by atoms with Crippen molar-refractivity contribution in [2.45, 2.75) is 18.8 Å². The van der Waals surface area contributed by atoms with Gasteiger partial charge in [0.2, 0.25) is 11.1 Å². The minimum atomic E-state index is -1.33. The lowest BCUT2D eigenvalue weighted by Crippen LogP contribution is -2.38. The van der Waals surface area contributed by atoms with Crippen LogP contribution in [0.5, 0.6) is 11.5 Å². The summed E-state index contributed by atoms with van der Waals surface area (Å²) in [6.45, 7) is -0.119. The average Bonchev–Trinajstić information content (AvgIpc) is 3.64. The number of hydrogen-bond donors (Lipinski definition) is 2. The van der Waals surface area contributed by atoms with Crippen LogP contribution in [0.15, 0.2) is 143 Å². The molecule has 6 aromatic rings. The Kier molecular flexibility index (Phi) is 10.7. The van der Waals surface area contributed by atoms with Gasteiger partial charge in [0, 0.05) is 11.4 Å². The fourth-order valence-corrected chi connectivity index (χ4v) is 6.30. The van der Waals surface area contributed by atoms with Crippen molar-refractivity contribution in [3.63, 3.8) is 0 Å². The van der Waals surface area contributed by atoms with Crippen molar-refractivity contribution >= 4 is 28.1 Å². The van der Waals surface area contributed by atoms with Gasteiger partial charge in [0.25, 0.3) is 0 Å². The highest BCUT2D eigenvalue weighted by molar-refractivity contribution is 7.14. The minimum absolute atomic E-state index is 0.0613. The van der Waals surface area contributed by atoms with E-state index >= 15 is 0 Å². The maximum atomic E-state index is 12.9. The summed E-state index contributed by atoms with van der Waals surface area (Å²) in [4.78, 5) is 40.7. The Morgan fingerprint density at radius 3 is 1.98 bits per heavy atom. The third kappa shape index (κ3) is 7.76. The molecule has 0 bridgehead atoms. The van der Waals surface area contributed by atoms with Gasteiger partial charge in [-0.05, 0) is 34.4 Å². The Labute approximate surface area is 297 Å². The van der Waals surface area contributed by atoms with Gasteiger partial charge in [0.1, 0.15) is 36.4 Å². The number of oxime groups is 1. The number of carboxylic acid groups (broad SMARTS) is 1. The average molecular weight is 703 g/mol. The number of methoxy groups -OCH3 is 1. The van der Waals surface area contributed by atoms with E-state index in [4.69, 9.17) is 19.1 Å². The predicted octanol–water partition coefficient (Wildman–Crippen LogP) is 6.36. The van der Waals surface area contributed by atoms with Crippen molar-refractivity contribution in [1.82, 2.24) is 9.71 Å². The second-order valence-corrected chi connectivity index (χ2v) is 12.0. The quantitative estimate of drug-likeness (QED) is 0.0713. The first-order valence-corrected chi connectivity index (χ1v) is 16.7. The van der Waals surface area contributed by atoms with E-state index < -0.39 is 22.6 Å². The topological polar surface area (TPSA) is 134 Å². The molecule has 0 radical (unpaired) electrons. The number of nitrogens with one attached hydrogen (secondary N) is 1. The number of benzene rings is 4. The van der Waals surface area contributed by atoms with E-state index in [9.17, 15) is 14.7 Å². The molecule has 0 saturated carbocycles. The first-order chi connectivity index (χ1) is 24.9. The fourth-order valence-electron chi connectivity index (χ4n) is 5.55. The van der Waals surface area contributed by atoms with Crippen LogP contribution in [-0.4, -0.2) is 40.7 Å². The smallest absolute Gasteiger partial charge is 0.360 e. The number of rotatable bonds is 15. The molecule has 0 saturated heterocycles. The summed E-state index contributed by atoms with van der Waals surface area (Å²) in [7, 11) is 3.00. The van der Waals surface area contributed by atoms with Crippen molar-refractivity contribution in [2.24, 2.45) is 5.16 Å². The van der Waals surface area contributed by atoms with Crippen LogP contribution in [0.1, 0.15) is 33.6 Å². The van der Waals surface area contributed by atoms with Crippen LogP contribution in [0.3, 0.4) is 0 Å². The van der Waals surface area contributed by atoms with Gasteiger partial charge in [-0.15, -0.1) is 11.3 Å². The summed E-state index contributed by atoms with van der Waals surface area (Å²) in [6, 6.07) is 38.5. The lowest BCUT2D eigenvalue weighted by molar-refractivity contribution is -0.129. The lowest BCUT2D eigenvalue weighted by Gasteiger charge is -2.36. The number of carboxylic acids is 1. The molecule has 6 rings (SSSR count). The summed E-state index contributed by atoms with van der Waals surface area (Å²) in [6.07, 6.45) is 1.39. The zero-order valence-corrected chi connectivity index (χ0v) is 28.6. The number of ether oxygens (including phenoxy) is 2. The van der Waals surface area contributed by atoms with Crippen molar-refractivity contribution < 1.29 is 29.0 Å². The summed E-state index contributed by atoms with van der Waals surface area (Å²) in [5.74, 6) is -0.563. The van der Waals surface area contributed by atoms with Gasteiger partial charge >= 0.3 is 5.97 Å². The van der Waals surface area contributed by atoms with Gasteiger partial charge in [-0.3, -0.25) is 4.79 Å². The van der Waals surface area contributed by atoms with E-state index in [0.29, 0.717) is 10.9 Å². The number of aliphatic carboxylic acids is 1. The summed E-state index contributed by atoms with van der Waals surface area (Å²) in [5, 5.41) is 19.7. The van der Waals surface area contributed by atoms with Gasteiger partial charge in [0.15, 0.2) is 17.5 Å². The SMILES string of the molecule is COc1ccc(COc2cn(OC)c(CON=C(C(=O)O)c3csc(NC(c4ccccc4)(c4ccccc4)c4ccccc4)n3)cc2=O)cc1. The Hall–Kier alpha value is -6.40. The van der Waals surface area contributed by atoms with E-state index in [2.05, 4.69) is 15.5 Å². The molecule has 0 aliphatic carbocycles. The number of aromatic nitrogens is 2.